The summed E-state index contributed by atoms with van der Waals surface area (Å²) in [4.78, 5) is 14.5. The highest BCUT2D eigenvalue weighted by molar-refractivity contribution is 7.17. The van der Waals surface area contributed by atoms with Crippen molar-refractivity contribution in [3.8, 4) is 0 Å². The van der Waals surface area contributed by atoms with Gasteiger partial charge in [-0.3, -0.25) is 4.79 Å². The van der Waals surface area contributed by atoms with Gasteiger partial charge in [0.25, 0.3) is 5.91 Å². The van der Waals surface area contributed by atoms with Crippen LogP contribution in [0, 0.1) is 0 Å². The maximum atomic E-state index is 12.6. The minimum absolute atomic E-state index is 0.145. The topological polar surface area (TPSA) is 32.3 Å². The quantitative estimate of drug-likeness (QED) is 0.913. The number of benzene rings is 1. The van der Waals surface area contributed by atoms with Gasteiger partial charge in [0.15, 0.2) is 0 Å². The Labute approximate surface area is 117 Å². The van der Waals surface area contributed by atoms with Crippen molar-refractivity contribution in [2.45, 2.75) is 18.9 Å². The number of hydrogen-bond acceptors (Lipinski definition) is 3. The van der Waals surface area contributed by atoms with Crippen LogP contribution < -0.4 is 5.32 Å². The molecule has 2 aromatic rings. The van der Waals surface area contributed by atoms with Gasteiger partial charge < -0.3 is 10.2 Å². The summed E-state index contributed by atoms with van der Waals surface area (Å²) in [6, 6.07) is 8.43. The first-order valence-electron chi connectivity index (χ1n) is 6.71. The lowest BCUT2D eigenvalue weighted by molar-refractivity contribution is 0.0711. The Morgan fingerprint density at radius 3 is 3.05 bits per heavy atom. The van der Waals surface area contributed by atoms with E-state index in [2.05, 4.69) is 11.4 Å². The molecule has 1 saturated heterocycles. The van der Waals surface area contributed by atoms with E-state index in [0.29, 0.717) is 6.04 Å². The van der Waals surface area contributed by atoms with Crippen LogP contribution in [0.2, 0.25) is 0 Å². The van der Waals surface area contributed by atoms with Gasteiger partial charge in [0.1, 0.15) is 0 Å². The van der Waals surface area contributed by atoms with Crippen LogP contribution in [0.25, 0.3) is 10.1 Å². The smallest absolute Gasteiger partial charge is 0.255 e. The molecule has 0 aliphatic carbocycles. The number of amides is 1. The third kappa shape index (κ3) is 2.38. The third-order valence-electron chi connectivity index (χ3n) is 3.85. The zero-order valence-corrected chi connectivity index (χ0v) is 11.9. The maximum Gasteiger partial charge on any atom is 0.255 e. The first-order chi connectivity index (χ1) is 9.27. The number of nitrogens with one attached hydrogen (secondary N) is 1. The fourth-order valence-electron chi connectivity index (χ4n) is 2.66. The van der Waals surface area contributed by atoms with E-state index >= 15 is 0 Å². The maximum absolute atomic E-state index is 12.6. The van der Waals surface area contributed by atoms with Crippen LogP contribution >= 0.6 is 11.3 Å². The molecule has 1 N–H and O–H groups in total. The molecule has 1 aromatic carbocycles. The Kier molecular flexibility index (Phi) is 3.53. The van der Waals surface area contributed by atoms with Crippen molar-refractivity contribution in [1.82, 2.24) is 10.2 Å². The minimum Gasteiger partial charge on any atom is -0.337 e. The monoisotopic (exact) mass is 274 g/mol. The predicted octanol–water partition coefficient (Wildman–Crippen LogP) is 2.73. The number of nitrogens with zero attached hydrogens (tertiary/aromatic N) is 1. The molecule has 1 atom stereocenters. The highest BCUT2D eigenvalue weighted by Gasteiger charge is 2.24. The number of piperidine rings is 1. The number of thiophene rings is 1. The van der Waals surface area contributed by atoms with Gasteiger partial charge in [-0.05, 0) is 25.5 Å². The predicted molar refractivity (Wildman–Crippen MR) is 79.8 cm³/mol. The lowest BCUT2D eigenvalue weighted by Gasteiger charge is -2.31. The number of likely N-dealkylation sites (N-methyl/N-ethyl adjacent to an activating group) is 1. The lowest BCUT2D eigenvalue weighted by atomic mass is 10.0. The van der Waals surface area contributed by atoms with E-state index in [1.807, 2.05) is 35.5 Å². The molecule has 0 radical (unpaired) electrons. The fourth-order valence-corrected chi connectivity index (χ4v) is 3.60. The summed E-state index contributed by atoms with van der Waals surface area (Å²) in [5, 5.41) is 6.42. The summed E-state index contributed by atoms with van der Waals surface area (Å²) in [6.07, 6.45) is 2.24. The molecule has 0 saturated carbocycles. The first-order valence-corrected chi connectivity index (χ1v) is 7.59. The minimum atomic E-state index is 0.145. The summed E-state index contributed by atoms with van der Waals surface area (Å²) < 4.78 is 1.18. The largest absolute Gasteiger partial charge is 0.337 e. The second-order valence-electron chi connectivity index (χ2n) is 5.06. The van der Waals surface area contributed by atoms with E-state index in [9.17, 15) is 4.79 Å². The second kappa shape index (κ2) is 5.31. The van der Waals surface area contributed by atoms with Crippen LogP contribution in [-0.4, -0.2) is 37.0 Å². The van der Waals surface area contributed by atoms with Gasteiger partial charge in [-0.2, -0.15) is 0 Å². The Morgan fingerprint density at radius 2 is 2.26 bits per heavy atom. The average molecular weight is 274 g/mol. The van der Waals surface area contributed by atoms with Crippen molar-refractivity contribution in [3.63, 3.8) is 0 Å². The third-order valence-corrected chi connectivity index (χ3v) is 4.81. The molecule has 1 fully saturated rings. The summed E-state index contributed by atoms with van der Waals surface area (Å²) in [7, 11) is 1.92. The summed E-state index contributed by atoms with van der Waals surface area (Å²) in [5.74, 6) is 0.145. The summed E-state index contributed by atoms with van der Waals surface area (Å²) >= 11 is 1.64. The highest BCUT2D eigenvalue weighted by Crippen LogP contribution is 2.27. The molecule has 1 amide bonds. The zero-order valence-electron chi connectivity index (χ0n) is 11.1. The van der Waals surface area contributed by atoms with Crippen LogP contribution in [-0.2, 0) is 0 Å². The van der Waals surface area contributed by atoms with E-state index in [0.717, 1.165) is 36.9 Å². The fraction of sp³-hybridized carbons (Fsp3) is 0.400. The second-order valence-corrected chi connectivity index (χ2v) is 5.97. The number of rotatable bonds is 2. The molecule has 19 heavy (non-hydrogen) atoms. The van der Waals surface area contributed by atoms with Crippen molar-refractivity contribution < 1.29 is 4.79 Å². The van der Waals surface area contributed by atoms with Gasteiger partial charge in [-0.1, -0.05) is 18.2 Å². The Morgan fingerprint density at radius 1 is 1.42 bits per heavy atom. The molecule has 1 aliphatic heterocycles. The molecule has 1 aromatic heterocycles. The van der Waals surface area contributed by atoms with Crippen LogP contribution in [0.4, 0.5) is 0 Å². The van der Waals surface area contributed by atoms with Gasteiger partial charge in [-0.25, -0.2) is 0 Å². The van der Waals surface area contributed by atoms with Crippen LogP contribution in [0.15, 0.2) is 29.6 Å². The standard InChI is InChI=1S/C15H18N2OS/c1-17(11-5-4-8-16-9-11)15(18)13-10-19-14-7-3-2-6-12(13)14/h2-3,6-7,10-11,16H,4-5,8-9H2,1H3. The Bertz CT molecular complexity index is 587. The van der Waals surface area contributed by atoms with Crippen LogP contribution in [0.1, 0.15) is 23.2 Å². The molecule has 100 valence electrons. The number of carbonyl (C=O) groups excluding carboxylic acids is 1. The number of fused-ring (bicyclic) bond motifs is 1. The highest BCUT2D eigenvalue weighted by atomic mass is 32.1. The molecular formula is C15H18N2OS. The number of carbonyl (C=O) groups is 1. The molecule has 3 rings (SSSR count). The van der Waals surface area contributed by atoms with E-state index in [4.69, 9.17) is 0 Å². The van der Waals surface area contributed by atoms with E-state index in [-0.39, 0.29) is 5.91 Å². The number of hydrogen-bond donors (Lipinski definition) is 1. The molecule has 3 nitrogen and oxygen atoms in total. The molecule has 0 spiro atoms. The van der Waals surface area contributed by atoms with Crippen molar-refractivity contribution >= 4 is 27.3 Å². The van der Waals surface area contributed by atoms with Gasteiger partial charge in [0.2, 0.25) is 0 Å². The SMILES string of the molecule is CN(C(=O)c1csc2ccccc12)C1CCCNC1. The van der Waals surface area contributed by atoms with Gasteiger partial charge in [-0.15, -0.1) is 11.3 Å². The summed E-state index contributed by atoms with van der Waals surface area (Å²) in [6.45, 7) is 1.98. The van der Waals surface area contributed by atoms with Gasteiger partial charge in [0.05, 0.1) is 5.56 Å². The van der Waals surface area contributed by atoms with E-state index < -0.39 is 0 Å². The summed E-state index contributed by atoms with van der Waals surface area (Å²) in [5.41, 5.74) is 0.841. The molecule has 4 heteroatoms. The van der Waals surface area contributed by atoms with Gasteiger partial charge >= 0.3 is 0 Å². The van der Waals surface area contributed by atoms with E-state index in [1.54, 1.807) is 11.3 Å². The normalized spacial score (nSPS) is 19.5. The Balaban J connectivity index is 1.86. The first kappa shape index (κ1) is 12.6. The molecule has 0 bridgehead atoms. The Hall–Kier alpha value is -1.39. The van der Waals surface area contributed by atoms with E-state index in [1.165, 1.54) is 4.70 Å². The van der Waals surface area contributed by atoms with Crippen molar-refractivity contribution in [2.24, 2.45) is 0 Å². The zero-order chi connectivity index (χ0) is 13.2. The molecule has 1 aliphatic rings. The van der Waals surface area contributed by atoms with Crippen LogP contribution in [0.5, 0.6) is 0 Å². The van der Waals surface area contributed by atoms with Crippen LogP contribution in [0.3, 0.4) is 0 Å². The van der Waals surface area contributed by atoms with Gasteiger partial charge in [0, 0.05) is 35.1 Å². The molecular weight excluding hydrogens is 256 g/mol. The average Bonchev–Trinajstić information content (AvgIpc) is 2.90. The van der Waals surface area contributed by atoms with Crippen molar-refractivity contribution in [1.29, 1.82) is 0 Å². The lowest BCUT2D eigenvalue weighted by Crippen LogP contribution is -2.46. The molecule has 1 unspecified atom stereocenters. The van der Waals surface area contributed by atoms with Crippen molar-refractivity contribution in [3.05, 3.63) is 35.2 Å². The molecule has 2 heterocycles. The van der Waals surface area contributed by atoms with Crippen molar-refractivity contribution in [2.75, 3.05) is 20.1 Å².